The van der Waals surface area contributed by atoms with Crippen molar-refractivity contribution < 1.29 is 4.79 Å². The molecule has 1 aliphatic rings. The van der Waals surface area contributed by atoms with Gasteiger partial charge in [0.1, 0.15) is 5.00 Å². The molecule has 0 fully saturated rings. The molecule has 146 valence electrons. The number of hydrogen-bond acceptors (Lipinski definition) is 2. The number of hydrogen-bond donors (Lipinski definition) is 2. The van der Waals surface area contributed by atoms with Crippen LogP contribution in [0.3, 0.4) is 0 Å². The fourth-order valence-electron chi connectivity index (χ4n) is 4.00. The fourth-order valence-corrected chi connectivity index (χ4v) is 5.45. The molecule has 4 nitrogen and oxygen atoms in total. The summed E-state index contributed by atoms with van der Waals surface area (Å²) >= 11 is 1.87. The maximum absolute atomic E-state index is 12.7. The van der Waals surface area contributed by atoms with Crippen molar-refractivity contribution in [2.45, 2.75) is 52.5 Å². The average molecular weight is 394 g/mol. The van der Waals surface area contributed by atoms with Crippen LogP contribution in [-0.4, -0.2) is 10.6 Å². The number of fused-ring (bicyclic) bond motifs is 1. The summed E-state index contributed by atoms with van der Waals surface area (Å²) in [5.74, 6) is 0. The van der Waals surface area contributed by atoms with E-state index in [9.17, 15) is 4.79 Å². The van der Waals surface area contributed by atoms with Gasteiger partial charge in [-0.3, -0.25) is 0 Å². The van der Waals surface area contributed by atoms with Crippen molar-refractivity contribution in [3.05, 3.63) is 69.9 Å². The normalized spacial score (nSPS) is 14.4. The van der Waals surface area contributed by atoms with Gasteiger partial charge in [0.25, 0.3) is 0 Å². The molecule has 2 aromatic heterocycles. The third-order valence-electron chi connectivity index (χ3n) is 5.67. The van der Waals surface area contributed by atoms with Gasteiger partial charge in [0.2, 0.25) is 0 Å². The second-order valence-corrected chi connectivity index (χ2v) is 8.67. The van der Waals surface area contributed by atoms with Crippen molar-refractivity contribution in [1.29, 1.82) is 0 Å². The van der Waals surface area contributed by atoms with E-state index in [1.807, 2.05) is 42.5 Å². The smallest absolute Gasteiger partial charge is 0.319 e. The molecule has 28 heavy (non-hydrogen) atoms. The molecule has 0 radical (unpaired) electrons. The molecule has 0 bridgehead atoms. The van der Waals surface area contributed by atoms with Gasteiger partial charge in [-0.25, -0.2) is 4.79 Å². The maximum atomic E-state index is 12.7. The Morgan fingerprint density at radius 2 is 1.86 bits per heavy atom. The minimum atomic E-state index is -0.157. The zero-order chi connectivity index (χ0) is 19.7. The number of nitrogens with zero attached hydrogens (tertiary/aromatic N) is 1. The second kappa shape index (κ2) is 7.84. The van der Waals surface area contributed by atoms with E-state index in [4.69, 9.17) is 0 Å². The molecule has 4 rings (SSSR count). The molecule has 0 unspecified atom stereocenters. The summed E-state index contributed by atoms with van der Waals surface area (Å²) in [6.07, 6.45) is 8.91. The van der Waals surface area contributed by atoms with E-state index >= 15 is 0 Å². The predicted octanol–water partition coefficient (Wildman–Crippen LogP) is 5.92. The first-order chi connectivity index (χ1) is 13.5. The Bertz CT molecular complexity index is 988. The van der Waals surface area contributed by atoms with Gasteiger partial charge in [-0.2, -0.15) is 0 Å². The number of urea groups is 1. The molecule has 2 heterocycles. The molecule has 5 heteroatoms. The highest BCUT2D eigenvalue weighted by molar-refractivity contribution is 7.15. The summed E-state index contributed by atoms with van der Waals surface area (Å²) in [5, 5.41) is 7.43. The van der Waals surface area contributed by atoms with Crippen molar-refractivity contribution >= 4 is 23.1 Å². The Kier molecular flexibility index (Phi) is 5.27. The number of anilines is 1. The van der Waals surface area contributed by atoms with Crippen molar-refractivity contribution in [3.63, 3.8) is 0 Å². The van der Waals surface area contributed by atoms with Gasteiger partial charge < -0.3 is 15.2 Å². The lowest BCUT2D eigenvalue weighted by Crippen LogP contribution is -2.32. The molecule has 2 N–H and O–H groups in total. The van der Waals surface area contributed by atoms with Crippen LogP contribution in [0.5, 0.6) is 0 Å². The van der Waals surface area contributed by atoms with Crippen molar-refractivity contribution in [3.8, 4) is 5.00 Å². The zero-order valence-electron chi connectivity index (χ0n) is 16.7. The number of benzene rings is 1. The molecule has 1 aromatic carbocycles. The number of carbonyl (C=O) groups excluding carboxylic acids is 1. The SMILES string of the molecule is Cc1cccc(NC(=O)N[C@@H](C)c2c(-n3cccc3)sc3c2CCCC3)c1C. The zero-order valence-corrected chi connectivity index (χ0v) is 17.5. The molecule has 0 aliphatic heterocycles. The van der Waals surface area contributed by atoms with E-state index in [-0.39, 0.29) is 12.1 Å². The van der Waals surface area contributed by atoms with Crippen molar-refractivity contribution in [1.82, 2.24) is 9.88 Å². The third-order valence-corrected chi connectivity index (χ3v) is 6.99. The monoisotopic (exact) mass is 393 g/mol. The minimum Gasteiger partial charge on any atom is -0.331 e. The number of aryl methyl sites for hydroxylation is 2. The number of nitrogens with one attached hydrogen (secondary N) is 2. The van der Waals surface area contributed by atoms with Crippen LogP contribution in [-0.2, 0) is 12.8 Å². The Morgan fingerprint density at radius 3 is 2.64 bits per heavy atom. The van der Waals surface area contributed by atoms with Gasteiger partial charge in [-0.1, -0.05) is 12.1 Å². The molecular formula is C23H27N3OS. The van der Waals surface area contributed by atoms with Crippen LogP contribution in [0.1, 0.15) is 52.9 Å². The summed E-state index contributed by atoms with van der Waals surface area (Å²) in [5.41, 5.74) is 5.85. The van der Waals surface area contributed by atoms with Gasteiger partial charge in [0.05, 0.1) is 6.04 Å². The molecule has 0 saturated heterocycles. The summed E-state index contributed by atoms with van der Waals surface area (Å²) in [7, 11) is 0. The first-order valence-electron chi connectivity index (χ1n) is 9.96. The Morgan fingerprint density at radius 1 is 1.11 bits per heavy atom. The second-order valence-electron chi connectivity index (χ2n) is 7.59. The molecule has 3 aromatic rings. The first kappa shape index (κ1) is 18.8. The van der Waals surface area contributed by atoms with Crippen LogP contribution < -0.4 is 10.6 Å². The highest BCUT2D eigenvalue weighted by Crippen LogP contribution is 2.40. The van der Waals surface area contributed by atoms with E-state index in [0.717, 1.165) is 24.1 Å². The predicted molar refractivity (Wildman–Crippen MR) is 117 cm³/mol. The Balaban J connectivity index is 1.59. The minimum absolute atomic E-state index is 0.0550. The molecular weight excluding hydrogens is 366 g/mol. The number of amides is 2. The van der Waals surface area contributed by atoms with E-state index in [2.05, 4.69) is 47.5 Å². The number of rotatable bonds is 4. The quantitative estimate of drug-likeness (QED) is 0.568. The van der Waals surface area contributed by atoms with Crippen LogP contribution in [0.25, 0.3) is 5.00 Å². The largest absolute Gasteiger partial charge is 0.331 e. The lowest BCUT2D eigenvalue weighted by Gasteiger charge is -2.20. The van der Waals surface area contributed by atoms with Gasteiger partial charge in [-0.05, 0) is 81.3 Å². The molecule has 1 atom stereocenters. The third kappa shape index (κ3) is 3.59. The van der Waals surface area contributed by atoms with Gasteiger partial charge in [0, 0.05) is 28.5 Å². The van der Waals surface area contributed by atoms with Crippen molar-refractivity contribution in [2.24, 2.45) is 0 Å². The summed E-state index contributed by atoms with van der Waals surface area (Å²) < 4.78 is 2.18. The first-order valence-corrected chi connectivity index (χ1v) is 10.8. The molecule has 2 amide bonds. The van der Waals surface area contributed by atoms with Gasteiger partial charge >= 0.3 is 6.03 Å². The Hall–Kier alpha value is -2.53. The summed E-state index contributed by atoms with van der Waals surface area (Å²) in [4.78, 5) is 14.2. The number of aromatic nitrogens is 1. The summed E-state index contributed by atoms with van der Waals surface area (Å²) in [6, 6.07) is 9.87. The van der Waals surface area contributed by atoms with Crippen molar-refractivity contribution in [2.75, 3.05) is 5.32 Å². The lowest BCUT2D eigenvalue weighted by atomic mass is 9.93. The standard InChI is InChI=1S/C23H27N3OS/c1-15-9-8-11-19(16(15)2)25-23(27)24-17(3)21-18-10-4-5-12-20(18)28-22(21)26-13-6-7-14-26/h6-9,11,13-14,17H,4-5,10,12H2,1-3H3,(H2,24,25,27)/t17-/m0/s1. The van der Waals surface area contributed by atoms with Crippen LogP contribution >= 0.6 is 11.3 Å². The van der Waals surface area contributed by atoms with E-state index in [1.165, 1.54) is 39.4 Å². The molecule has 0 spiro atoms. The lowest BCUT2D eigenvalue weighted by molar-refractivity contribution is 0.249. The highest BCUT2D eigenvalue weighted by Gasteiger charge is 2.26. The van der Waals surface area contributed by atoms with Crippen LogP contribution in [0, 0.1) is 13.8 Å². The van der Waals surface area contributed by atoms with E-state index in [1.54, 1.807) is 0 Å². The van der Waals surface area contributed by atoms with Crippen LogP contribution in [0.15, 0.2) is 42.7 Å². The highest BCUT2D eigenvalue weighted by atomic mass is 32.1. The Labute approximate surface area is 170 Å². The molecule has 1 aliphatic carbocycles. The van der Waals surface area contributed by atoms with E-state index < -0.39 is 0 Å². The average Bonchev–Trinajstić information content (AvgIpc) is 3.32. The van der Waals surface area contributed by atoms with Gasteiger partial charge in [0.15, 0.2) is 0 Å². The number of thiophene rings is 1. The topological polar surface area (TPSA) is 46.1 Å². The number of carbonyl (C=O) groups is 1. The van der Waals surface area contributed by atoms with E-state index in [0.29, 0.717) is 0 Å². The van der Waals surface area contributed by atoms with Crippen LogP contribution in [0.2, 0.25) is 0 Å². The van der Waals surface area contributed by atoms with Crippen LogP contribution in [0.4, 0.5) is 10.5 Å². The maximum Gasteiger partial charge on any atom is 0.319 e. The fraction of sp³-hybridized carbons (Fsp3) is 0.348. The summed E-state index contributed by atoms with van der Waals surface area (Å²) in [6.45, 7) is 6.18. The van der Waals surface area contributed by atoms with Gasteiger partial charge in [-0.15, -0.1) is 11.3 Å². The molecule has 0 saturated carbocycles.